The summed E-state index contributed by atoms with van der Waals surface area (Å²) in [5.74, 6) is 0. The molecule has 0 saturated carbocycles. The van der Waals surface area contributed by atoms with Crippen LogP contribution in [0.2, 0.25) is 5.02 Å². The molecule has 0 radical (unpaired) electrons. The molecule has 0 fully saturated rings. The highest BCUT2D eigenvalue weighted by molar-refractivity contribution is 7.89. The van der Waals surface area contributed by atoms with Crippen LogP contribution in [-0.4, -0.2) is 46.5 Å². The summed E-state index contributed by atoms with van der Waals surface area (Å²) in [6.07, 6.45) is 3.59. The predicted octanol–water partition coefficient (Wildman–Crippen LogP) is 5.28. The Balaban J connectivity index is 1.35. The maximum atomic E-state index is 13.3. The Morgan fingerprint density at radius 2 is 1.59 bits per heavy atom. The number of aryl methyl sites for hydroxylation is 2. The fourth-order valence-corrected chi connectivity index (χ4v) is 6.45. The molecule has 0 bridgehead atoms. The first-order chi connectivity index (χ1) is 16.3. The van der Waals surface area contributed by atoms with E-state index in [9.17, 15) is 8.42 Å². The number of hydrogen-bond acceptors (Lipinski definition) is 4. The van der Waals surface area contributed by atoms with E-state index in [1.54, 1.807) is 13.1 Å². The largest absolute Gasteiger partial charge is 0.374 e. The van der Waals surface area contributed by atoms with Crippen LogP contribution in [0.3, 0.4) is 0 Å². The number of sulfonamides is 1. The molecule has 2 aliphatic heterocycles. The van der Waals surface area contributed by atoms with Crippen molar-refractivity contribution in [3.8, 4) is 0 Å². The Morgan fingerprint density at radius 1 is 0.882 bits per heavy atom. The normalized spacial score (nSPS) is 15.2. The third-order valence-corrected chi connectivity index (χ3v) is 9.12. The number of rotatable bonds is 6. The van der Waals surface area contributed by atoms with Gasteiger partial charge in [-0.25, -0.2) is 12.7 Å². The number of nitrogens with zero attached hydrogens (tertiary/aromatic N) is 3. The second kappa shape index (κ2) is 9.25. The van der Waals surface area contributed by atoms with Crippen molar-refractivity contribution < 1.29 is 8.42 Å². The monoisotopic (exact) mass is 495 g/mol. The van der Waals surface area contributed by atoms with Gasteiger partial charge in [-0.3, -0.25) is 0 Å². The molecule has 0 N–H and O–H groups in total. The van der Waals surface area contributed by atoms with Crippen LogP contribution in [0.4, 0.5) is 17.1 Å². The molecule has 0 atom stereocenters. The zero-order valence-electron chi connectivity index (χ0n) is 19.7. The Morgan fingerprint density at radius 3 is 2.41 bits per heavy atom. The first-order valence-electron chi connectivity index (χ1n) is 11.8. The second-order valence-electron chi connectivity index (χ2n) is 9.20. The number of para-hydroxylation sites is 1. The number of anilines is 3. The Kier molecular flexibility index (Phi) is 6.32. The minimum absolute atomic E-state index is 0.361. The van der Waals surface area contributed by atoms with Crippen molar-refractivity contribution >= 4 is 38.7 Å². The summed E-state index contributed by atoms with van der Waals surface area (Å²) in [5, 5.41) is 0.712. The van der Waals surface area contributed by atoms with Gasteiger partial charge in [0, 0.05) is 55.8 Å². The molecule has 7 heteroatoms. The van der Waals surface area contributed by atoms with Gasteiger partial charge in [0.05, 0.1) is 4.90 Å². The summed E-state index contributed by atoms with van der Waals surface area (Å²) in [7, 11) is 0.128. The van der Waals surface area contributed by atoms with Gasteiger partial charge in [0.15, 0.2) is 0 Å². The summed E-state index contributed by atoms with van der Waals surface area (Å²) in [5.41, 5.74) is 7.09. The lowest BCUT2D eigenvalue weighted by atomic mass is 10.0. The molecular weight excluding hydrogens is 466 g/mol. The van der Waals surface area contributed by atoms with Crippen LogP contribution in [0.25, 0.3) is 0 Å². The quantitative estimate of drug-likeness (QED) is 0.466. The zero-order chi connectivity index (χ0) is 23.9. The fourth-order valence-electron chi connectivity index (χ4n) is 5.06. The van der Waals surface area contributed by atoms with Gasteiger partial charge in [-0.15, -0.1) is 0 Å². The number of fused-ring (bicyclic) bond motifs is 3. The highest BCUT2D eigenvalue weighted by atomic mass is 35.5. The highest BCUT2D eigenvalue weighted by Crippen LogP contribution is 2.37. The molecule has 0 saturated heterocycles. The van der Waals surface area contributed by atoms with E-state index in [-0.39, 0.29) is 0 Å². The van der Waals surface area contributed by atoms with E-state index in [2.05, 4.69) is 40.1 Å². The molecule has 2 heterocycles. The maximum absolute atomic E-state index is 13.3. The van der Waals surface area contributed by atoms with Gasteiger partial charge < -0.3 is 9.80 Å². The molecule has 5 rings (SSSR count). The molecule has 5 nitrogen and oxygen atoms in total. The van der Waals surface area contributed by atoms with Gasteiger partial charge in [-0.05, 0) is 72.7 Å². The van der Waals surface area contributed by atoms with Crippen molar-refractivity contribution in [1.82, 2.24) is 4.31 Å². The van der Waals surface area contributed by atoms with Crippen molar-refractivity contribution in [1.29, 1.82) is 0 Å². The lowest BCUT2D eigenvalue weighted by Gasteiger charge is -2.28. The van der Waals surface area contributed by atoms with Crippen LogP contribution in [0.1, 0.15) is 23.1 Å². The smallest absolute Gasteiger partial charge is 0.242 e. The van der Waals surface area contributed by atoms with E-state index in [4.69, 9.17) is 11.6 Å². The average Bonchev–Trinajstić information content (AvgIpc) is 3.13. The van der Waals surface area contributed by atoms with Crippen molar-refractivity contribution in [2.45, 2.75) is 30.6 Å². The minimum atomic E-state index is -3.55. The van der Waals surface area contributed by atoms with E-state index >= 15 is 0 Å². The Labute approximate surface area is 207 Å². The van der Waals surface area contributed by atoms with E-state index in [1.165, 1.54) is 26.7 Å². The standard InChI is InChI=1S/C27H30ClN3O2S/c1-29-17-14-22-11-13-24(19-26(22)29)34(32,33)30(2)15-5-16-31-25-7-4-3-6-20(25)8-9-21-10-12-23(28)18-27(21)31/h3-4,6-7,10-13,18-19H,5,8-9,14-17H2,1-2H3. The number of hydrogen-bond donors (Lipinski definition) is 0. The first kappa shape index (κ1) is 23.2. The summed E-state index contributed by atoms with van der Waals surface area (Å²) in [4.78, 5) is 4.78. The van der Waals surface area contributed by atoms with Gasteiger partial charge in [0.2, 0.25) is 10.0 Å². The summed E-state index contributed by atoms with van der Waals surface area (Å²) < 4.78 is 28.1. The van der Waals surface area contributed by atoms with Crippen LogP contribution in [0.15, 0.2) is 65.6 Å². The summed E-state index contributed by atoms with van der Waals surface area (Å²) in [6, 6.07) is 20.1. The lowest BCUT2D eigenvalue weighted by molar-refractivity contribution is 0.463. The van der Waals surface area contributed by atoms with Crippen LogP contribution < -0.4 is 9.80 Å². The number of likely N-dealkylation sites (N-methyl/N-ethyl adjacent to an activating group) is 1. The predicted molar refractivity (Wildman–Crippen MR) is 140 cm³/mol. The fraction of sp³-hybridized carbons (Fsp3) is 0.333. The second-order valence-corrected chi connectivity index (χ2v) is 11.7. The lowest BCUT2D eigenvalue weighted by Crippen LogP contribution is -2.30. The molecule has 0 unspecified atom stereocenters. The van der Waals surface area contributed by atoms with Crippen molar-refractivity contribution in [3.63, 3.8) is 0 Å². The van der Waals surface area contributed by atoms with Gasteiger partial charge in [0.25, 0.3) is 0 Å². The average molecular weight is 496 g/mol. The minimum Gasteiger partial charge on any atom is -0.374 e. The van der Waals surface area contributed by atoms with Crippen molar-refractivity contribution in [2.24, 2.45) is 0 Å². The van der Waals surface area contributed by atoms with Crippen LogP contribution in [0, 0.1) is 0 Å². The van der Waals surface area contributed by atoms with Gasteiger partial charge in [-0.1, -0.05) is 41.9 Å². The van der Waals surface area contributed by atoms with Gasteiger partial charge in [0.1, 0.15) is 0 Å². The molecule has 34 heavy (non-hydrogen) atoms. The number of halogens is 1. The van der Waals surface area contributed by atoms with E-state index < -0.39 is 10.0 Å². The third kappa shape index (κ3) is 4.30. The summed E-state index contributed by atoms with van der Waals surface area (Å²) >= 11 is 6.37. The van der Waals surface area contributed by atoms with Gasteiger partial charge in [-0.2, -0.15) is 0 Å². The van der Waals surface area contributed by atoms with Gasteiger partial charge >= 0.3 is 0 Å². The molecule has 0 spiro atoms. The highest BCUT2D eigenvalue weighted by Gasteiger charge is 2.25. The van der Waals surface area contributed by atoms with Crippen molar-refractivity contribution in [3.05, 3.63) is 82.4 Å². The van der Waals surface area contributed by atoms with E-state index in [0.717, 1.165) is 37.2 Å². The topological polar surface area (TPSA) is 43.9 Å². The first-order valence-corrected chi connectivity index (χ1v) is 13.6. The Hall–Kier alpha value is -2.54. The maximum Gasteiger partial charge on any atom is 0.242 e. The zero-order valence-corrected chi connectivity index (χ0v) is 21.2. The van der Waals surface area contributed by atoms with Crippen LogP contribution in [-0.2, 0) is 29.3 Å². The third-order valence-electron chi connectivity index (χ3n) is 7.03. The SMILES string of the molecule is CN1CCc2ccc(S(=O)(=O)N(C)CCCN3c4ccccc4CCc4ccc(Cl)cc43)cc21. The van der Waals surface area contributed by atoms with E-state index in [1.807, 2.05) is 31.3 Å². The van der Waals surface area contributed by atoms with Crippen molar-refractivity contribution in [2.75, 3.05) is 43.5 Å². The van der Waals surface area contributed by atoms with E-state index in [0.29, 0.717) is 29.4 Å². The van der Waals surface area contributed by atoms with Crippen LogP contribution >= 0.6 is 11.6 Å². The molecule has 178 valence electrons. The summed E-state index contributed by atoms with van der Waals surface area (Å²) in [6.45, 7) is 2.07. The molecular formula is C27H30ClN3O2S. The Bertz CT molecular complexity index is 1330. The van der Waals surface area contributed by atoms with Crippen LogP contribution in [0.5, 0.6) is 0 Å². The number of benzene rings is 3. The molecule has 0 aromatic heterocycles. The molecule has 3 aromatic carbocycles. The molecule has 3 aromatic rings. The molecule has 0 aliphatic carbocycles. The molecule has 0 amide bonds. The molecule has 2 aliphatic rings.